The number of hydrogen-bond acceptors (Lipinski definition) is 5. The fraction of sp³-hybridized carbons (Fsp3) is 0.529. The standard InChI is InChI=1S/C17H25N3O3/c1-4-5-6-9-20-15(14(12-21)18-19-20)10-13-7-8-16(22-2)17(11-13)23-3/h7-8,11,21H,4-6,9-10,12H2,1-3H3. The lowest BCUT2D eigenvalue weighted by atomic mass is 10.1. The summed E-state index contributed by atoms with van der Waals surface area (Å²) in [5.74, 6) is 1.40. The van der Waals surface area contributed by atoms with Crippen LogP contribution in [0.25, 0.3) is 0 Å². The quantitative estimate of drug-likeness (QED) is 0.719. The molecule has 0 amide bonds. The lowest BCUT2D eigenvalue weighted by molar-refractivity contribution is 0.275. The Hall–Kier alpha value is -2.08. The minimum absolute atomic E-state index is 0.101. The molecule has 2 aromatic rings. The summed E-state index contributed by atoms with van der Waals surface area (Å²) < 4.78 is 12.5. The molecule has 0 aliphatic heterocycles. The van der Waals surface area contributed by atoms with Crippen LogP contribution in [0, 0.1) is 0 Å². The SMILES string of the molecule is CCCCCn1nnc(CO)c1Cc1ccc(OC)c(OC)c1. The first kappa shape index (κ1) is 17.3. The Bertz CT molecular complexity index is 626. The molecule has 1 N–H and O–H groups in total. The molecule has 0 atom stereocenters. The van der Waals surface area contributed by atoms with Crippen molar-refractivity contribution < 1.29 is 14.6 Å². The van der Waals surface area contributed by atoms with Crippen molar-refractivity contribution in [3.63, 3.8) is 0 Å². The molecule has 0 saturated carbocycles. The van der Waals surface area contributed by atoms with Gasteiger partial charge in [0.2, 0.25) is 0 Å². The zero-order valence-electron chi connectivity index (χ0n) is 14.1. The fourth-order valence-corrected chi connectivity index (χ4v) is 2.56. The highest BCUT2D eigenvalue weighted by Crippen LogP contribution is 2.28. The van der Waals surface area contributed by atoms with Gasteiger partial charge in [-0.3, -0.25) is 0 Å². The highest BCUT2D eigenvalue weighted by Gasteiger charge is 2.14. The van der Waals surface area contributed by atoms with Crippen LogP contribution in [0.4, 0.5) is 0 Å². The summed E-state index contributed by atoms with van der Waals surface area (Å²) in [6.07, 6.45) is 4.02. The molecule has 0 fully saturated rings. The highest BCUT2D eigenvalue weighted by molar-refractivity contribution is 5.44. The zero-order valence-corrected chi connectivity index (χ0v) is 14.1. The lowest BCUT2D eigenvalue weighted by Crippen LogP contribution is -2.07. The van der Waals surface area contributed by atoms with Gasteiger partial charge in [-0.2, -0.15) is 0 Å². The summed E-state index contributed by atoms with van der Waals surface area (Å²) >= 11 is 0. The molecular formula is C17H25N3O3. The number of rotatable bonds is 9. The number of aliphatic hydroxyl groups is 1. The number of methoxy groups -OCH3 is 2. The van der Waals surface area contributed by atoms with E-state index in [1.807, 2.05) is 22.9 Å². The van der Waals surface area contributed by atoms with E-state index in [9.17, 15) is 5.11 Å². The summed E-state index contributed by atoms with van der Waals surface area (Å²) in [7, 11) is 3.24. The second-order valence-corrected chi connectivity index (χ2v) is 5.44. The van der Waals surface area contributed by atoms with E-state index < -0.39 is 0 Å². The smallest absolute Gasteiger partial charge is 0.160 e. The van der Waals surface area contributed by atoms with Crippen LogP contribution < -0.4 is 9.47 Å². The molecule has 6 heteroatoms. The predicted octanol–water partition coefficient (Wildman–Crippen LogP) is 2.57. The minimum Gasteiger partial charge on any atom is -0.493 e. The second kappa shape index (κ2) is 8.53. The van der Waals surface area contributed by atoms with E-state index in [0.717, 1.165) is 37.1 Å². The second-order valence-electron chi connectivity index (χ2n) is 5.44. The minimum atomic E-state index is -0.101. The van der Waals surface area contributed by atoms with E-state index in [1.165, 1.54) is 0 Å². The van der Waals surface area contributed by atoms with E-state index >= 15 is 0 Å². The average Bonchev–Trinajstić information content (AvgIpc) is 2.97. The molecule has 1 aromatic carbocycles. The molecule has 1 heterocycles. The van der Waals surface area contributed by atoms with Crippen molar-refractivity contribution in [2.75, 3.05) is 14.2 Å². The van der Waals surface area contributed by atoms with Crippen LogP contribution in [0.1, 0.15) is 43.1 Å². The largest absolute Gasteiger partial charge is 0.493 e. The Morgan fingerprint density at radius 1 is 1.13 bits per heavy atom. The fourth-order valence-electron chi connectivity index (χ4n) is 2.56. The molecule has 0 aliphatic carbocycles. The van der Waals surface area contributed by atoms with E-state index in [2.05, 4.69) is 17.2 Å². The van der Waals surface area contributed by atoms with Gasteiger partial charge in [0.25, 0.3) is 0 Å². The predicted molar refractivity (Wildman–Crippen MR) is 87.8 cm³/mol. The maximum absolute atomic E-state index is 9.50. The Labute approximate surface area is 137 Å². The van der Waals surface area contributed by atoms with Gasteiger partial charge in [-0.05, 0) is 24.1 Å². The van der Waals surface area contributed by atoms with Crippen molar-refractivity contribution in [3.8, 4) is 11.5 Å². The number of unbranched alkanes of at least 4 members (excludes halogenated alkanes) is 2. The highest BCUT2D eigenvalue weighted by atomic mass is 16.5. The Balaban J connectivity index is 2.22. The van der Waals surface area contributed by atoms with Crippen molar-refractivity contribution in [3.05, 3.63) is 35.2 Å². The van der Waals surface area contributed by atoms with Gasteiger partial charge in [-0.1, -0.05) is 31.0 Å². The molecule has 0 unspecified atom stereocenters. The third kappa shape index (κ3) is 4.22. The lowest BCUT2D eigenvalue weighted by Gasteiger charge is -2.11. The third-order valence-corrected chi connectivity index (χ3v) is 3.86. The van der Waals surface area contributed by atoms with Gasteiger partial charge < -0.3 is 14.6 Å². The van der Waals surface area contributed by atoms with Gasteiger partial charge in [-0.15, -0.1) is 5.10 Å². The molecular weight excluding hydrogens is 294 g/mol. The zero-order chi connectivity index (χ0) is 16.7. The number of ether oxygens (including phenoxy) is 2. The van der Waals surface area contributed by atoms with E-state index in [1.54, 1.807) is 14.2 Å². The molecule has 0 saturated heterocycles. The van der Waals surface area contributed by atoms with Crippen molar-refractivity contribution in [2.24, 2.45) is 0 Å². The number of nitrogens with zero attached hydrogens (tertiary/aromatic N) is 3. The first-order chi connectivity index (χ1) is 11.2. The topological polar surface area (TPSA) is 69.4 Å². The van der Waals surface area contributed by atoms with Crippen LogP contribution in [0.2, 0.25) is 0 Å². The monoisotopic (exact) mass is 319 g/mol. The van der Waals surface area contributed by atoms with Gasteiger partial charge in [0.1, 0.15) is 5.69 Å². The summed E-state index contributed by atoms with van der Waals surface area (Å²) in [6.45, 7) is 2.89. The molecule has 126 valence electrons. The van der Waals surface area contributed by atoms with Crippen LogP contribution in [0.15, 0.2) is 18.2 Å². The Kier molecular flexibility index (Phi) is 6.40. The van der Waals surface area contributed by atoms with Gasteiger partial charge in [-0.25, -0.2) is 4.68 Å². The van der Waals surface area contributed by atoms with Crippen LogP contribution in [0.3, 0.4) is 0 Å². The molecule has 0 radical (unpaired) electrons. The van der Waals surface area contributed by atoms with Crippen molar-refractivity contribution in [2.45, 2.75) is 45.8 Å². The van der Waals surface area contributed by atoms with Crippen molar-refractivity contribution in [1.82, 2.24) is 15.0 Å². The molecule has 23 heavy (non-hydrogen) atoms. The summed E-state index contributed by atoms with van der Waals surface area (Å²) in [6, 6.07) is 5.83. The van der Waals surface area contributed by atoms with Crippen LogP contribution >= 0.6 is 0 Å². The molecule has 6 nitrogen and oxygen atoms in total. The normalized spacial score (nSPS) is 10.8. The van der Waals surface area contributed by atoms with E-state index in [4.69, 9.17) is 9.47 Å². The van der Waals surface area contributed by atoms with E-state index in [-0.39, 0.29) is 6.61 Å². The van der Waals surface area contributed by atoms with E-state index in [0.29, 0.717) is 23.6 Å². The number of aryl methyl sites for hydroxylation is 1. The van der Waals surface area contributed by atoms with Crippen LogP contribution in [-0.4, -0.2) is 34.3 Å². The average molecular weight is 319 g/mol. The number of hydrogen-bond donors (Lipinski definition) is 1. The first-order valence-electron chi connectivity index (χ1n) is 7.96. The Morgan fingerprint density at radius 2 is 1.91 bits per heavy atom. The molecule has 0 spiro atoms. The van der Waals surface area contributed by atoms with Gasteiger partial charge in [0, 0.05) is 13.0 Å². The maximum atomic E-state index is 9.50. The number of aromatic nitrogens is 3. The van der Waals surface area contributed by atoms with Gasteiger partial charge >= 0.3 is 0 Å². The van der Waals surface area contributed by atoms with Crippen LogP contribution in [0.5, 0.6) is 11.5 Å². The molecule has 2 rings (SSSR count). The summed E-state index contributed by atoms with van der Waals surface area (Å²) in [5.41, 5.74) is 2.66. The van der Waals surface area contributed by atoms with Crippen LogP contribution in [-0.2, 0) is 19.6 Å². The molecule has 0 aliphatic rings. The Morgan fingerprint density at radius 3 is 2.57 bits per heavy atom. The van der Waals surface area contributed by atoms with Crippen molar-refractivity contribution >= 4 is 0 Å². The summed E-state index contributed by atoms with van der Waals surface area (Å²) in [4.78, 5) is 0. The molecule has 1 aromatic heterocycles. The number of benzene rings is 1. The third-order valence-electron chi connectivity index (χ3n) is 3.86. The molecule has 0 bridgehead atoms. The van der Waals surface area contributed by atoms with Gasteiger partial charge in [0.15, 0.2) is 11.5 Å². The van der Waals surface area contributed by atoms with Gasteiger partial charge in [0.05, 0.1) is 26.5 Å². The van der Waals surface area contributed by atoms with Crippen molar-refractivity contribution in [1.29, 1.82) is 0 Å². The number of aliphatic hydroxyl groups excluding tert-OH is 1. The first-order valence-corrected chi connectivity index (χ1v) is 7.96. The maximum Gasteiger partial charge on any atom is 0.160 e. The summed E-state index contributed by atoms with van der Waals surface area (Å²) in [5, 5.41) is 17.8.